The van der Waals surface area contributed by atoms with E-state index >= 15 is 0 Å². The molecular formula is C16H22O. The molecule has 1 heteroatoms. The molecule has 0 fully saturated rings. The van der Waals surface area contributed by atoms with Crippen LogP contribution in [0.2, 0.25) is 0 Å². The maximum Gasteiger partial charge on any atom is 0.0882 e. The van der Waals surface area contributed by atoms with Gasteiger partial charge in [-0.25, -0.2) is 0 Å². The van der Waals surface area contributed by atoms with Crippen LogP contribution < -0.4 is 0 Å². The van der Waals surface area contributed by atoms with Crippen LogP contribution in [0.4, 0.5) is 0 Å². The zero-order valence-electron chi connectivity index (χ0n) is 11.1. The zero-order valence-corrected chi connectivity index (χ0v) is 11.1. The highest BCUT2D eigenvalue weighted by atomic mass is 16.5. The smallest absolute Gasteiger partial charge is 0.0882 e. The van der Waals surface area contributed by atoms with Gasteiger partial charge in [0.15, 0.2) is 0 Å². The number of hydrogen-bond acceptors (Lipinski definition) is 1. The van der Waals surface area contributed by atoms with Crippen molar-refractivity contribution >= 4 is 0 Å². The summed E-state index contributed by atoms with van der Waals surface area (Å²) >= 11 is 0. The van der Waals surface area contributed by atoms with Crippen LogP contribution in [0.25, 0.3) is 0 Å². The number of hydrogen-bond donors (Lipinski definition) is 0. The van der Waals surface area contributed by atoms with Crippen molar-refractivity contribution in [3.8, 4) is 0 Å². The number of benzene rings is 1. The monoisotopic (exact) mass is 230 g/mol. The van der Waals surface area contributed by atoms with E-state index in [4.69, 9.17) is 4.74 Å². The highest BCUT2D eigenvalue weighted by Gasteiger charge is 2.36. The SMILES string of the molecule is C=C(C)COC1c2ccccc2CCC1(C)C. The van der Waals surface area contributed by atoms with Crippen LogP contribution in [0.15, 0.2) is 36.4 Å². The number of rotatable bonds is 3. The van der Waals surface area contributed by atoms with Gasteiger partial charge in [0, 0.05) is 0 Å². The summed E-state index contributed by atoms with van der Waals surface area (Å²) in [6, 6.07) is 8.66. The fraction of sp³-hybridized carbons (Fsp3) is 0.500. The molecule has 2 rings (SSSR count). The molecule has 1 atom stereocenters. The number of fused-ring (bicyclic) bond motifs is 1. The summed E-state index contributed by atoms with van der Waals surface area (Å²) in [5.74, 6) is 0. The van der Waals surface area contributed by atoms with Gasteiger partial charge in [0.25, 0.3) is 0 Å². The lowest BCUT2D eigenvalue weighted by Crippen LogP contribution is -2.30. The molecule has 0 aliphatic heterocycles. The Bertz CT molecular complexity index is 417. The first-order valence-electron chi connectivity index (χ1n) is 6.34. The van der Waals surface area contributed by atoms with Crippen LogP contribution in [0, 0.1) is 5.41 Å². The Morgan fingerprint density at radius 1 is 1.41 bits per heavy atom. The lowest BCUT2D eigenvalue weighted by atomic mass is 9.72. The molecule has 1 unspecified atom stereocenters. The van der Waals surface area contributed by atoms with E-state index in [0.717, 1.165) is 12.0 Å². The van der Waals surface area contributed by atoms with Crippen LogP contribution in [0.5, 0.6) is 0 Å². The van der Waals surface area contributed by atoms with E-state index in [1.807, 2.05) is 6.92 Å². The van der Waals surface area contributed by atoms with Gasteiger partial charge in [-0.1, -0.05) is 50.3 Å². The first-order chi connectivity index (χ1) is 8.00. The largest absolute Gasteiger partial charge is 0.369 e. The Morgan fingerprint density at radius 2 is 2.12 bits per heavy atom. The van der Waals surface area contributed by atoms with Gasteiger partial charge in [-0.3, -0.25) is 0 Å². The lowest BCUT2D eigenvalue weighted by Gasteiger charge is -2.39. The van der Waals surface area contributed by atoms with Crippen molar-refractivity contribution in [1.29, 1.82) is 0 Å². The van der Waals surface area contributed by atoms with Crippen LogP contribution >= 0.6 is 0 Å². The molecule has 0 spiro atoms. The van der Waals surface area contributed by atoms with Gasteiger partial charge in [-0.05, 0) is 36.3 Å². The summed E-state index contributed by atoms with van der Waals surface area (Å²) in [5.41, 5.74) is 4.11. The van der Waals surface area contributed by atoms with E-state index in [9.17, 15) is 0 Å². The molecule has 0 N–H and O–H groups in total. The summed E-state index contributed by atoms with van der Waals surface area (Å²) in [4.78, 5) is 0. The average Bonchev–Trinajstić information content (AvgIpc) is 2.27. The third-order valence-corrected chi connectivity index (χ3v) is 3.58. The predicted octanol–water partition coefficient (Wildman–Crippen LogP) is 4.29. The molecule has 17 heavy (non-hydrogen) atoms. The van der Waals surface area contributed by atoms with Crippen LogP contribution in [-0.4, -0.2) is 6.61 Å². The number of ether oxygens (including phenoxy) is 1. The molecule has 0 saturated carbocycles. The van der Waals surface area contributed by atoms with Crippen molar-refractivity contribution in [3.05, 3.63) is 47.5 Å². The standard InChI is InChI=1S/C16H22O/c1-12(2)11-17-15-14-8-6-5-7-13(14)9-10-16(15,3)4/h5-8,15H,1,9-11H2,2-4H3. The van der Waals surface area contributed by atoms with Crippen molar-refractivity contribution in [2.45, 2.75) is 39.7 Å². The van der Waals surface area contributed by atoms with E-state index in [-0.39, 0.29) is 11.5 Å². The van der Waals surface area contributed by atoms with E-state index in [2.05, 4.69) is 44.7 Å². The zero-order chi connectivity index (χ0) is 12.5. The second kappa shape index (κ2) is 4.66. The van der Waals surface area contributed by atoms with Crippen molar-refractivity contribution in [3.63, 3.8) is 0 Å². The topological polar surface area (TPSA) is 9.23 Å². The van der Waals surface area contributed by atoms with Gasteiger partial charge in [0.05, 0.1) is 12.7 Å². The van der Waals surface area contributed by atoms with Gasteiger partial charge in [0.1, 0.15) is 0 Å². The molecule has 1 aromatic rings. The Morgan fingerprint density at radius 3 is 2.82 bits per heavy atom. The second-order valence-electron chi connectivity index (χ2n) is 5.84. The predicted molar refractivity (Wildman–Crippen MR) is 72.1 cm³/mol. The highest BCUT2D eigenvalue weighted by molar-refractivity contribution is 5.33. The summed E-state index contributed by atoms with van der Waals surface area (Å²) in [6.45, 7) is 11.2. The molecule has 1 aromatic carbocycles. The van der Waals surface area contributed by atoms with Gasteiger partial charge >= 0.3 is 0 Å². The Kier molecular flexibility index (Phi) is 3.39. The molecule has 0 radical (unpaired) electrons. The average molecular weight is 230 g/mol. The fourth-order valence-electron chi connectivity index (χ4n) is 2.57. The minimum atomic E-state index is 0.198. The normalized spacial score (nSPS) is 21.9. The summed E-state index contributed by atoms with van der Waals surface area (Å²) < 4.78 is 6.09. The van der Waals surface area contributed by atoms with Gasteiger partial charge in [-0.15, -0.1) is 0 Å². The molecule has 92 valence electrons. The quantitative estimate of drug-likeness (QED) is 0.704. The van der Waals surface area contributed by atoms with Crippen molar-refractivity contribution in [2.24, 2.45) is 5.41 Å². The van der Waals surface area contributed by atoms with Crippen molar-refractivity contribution in [2.75, 3.05) is 6.61 Å². The third kappa shape index (κ3) is 2.61. The van der Waals surface area contributed by atoms with E-state index < -0.39 is 0 Å². The molecule has 0 heterocycles. The Hall–Kier alpha value is -1.08. The Balaban J connectivity index is 2.28. The van der Waals surface area contributed by atoms with Gasteiger partial charge < -0.3 is 4.74 Å². The highest BCUT2D eigenvalue weighted by Crippen LogP contribution is 2.45. The van der Waals surface area contributed by atoms with Crippen molar-refractivity contribution < 1.29 is 4.74 Å². The van der Waals surface area contributed by atoms with Crippen LogP contribution in [0.1, 0.15) is 44.4 Å². The molecule has 1 aliphatic carbocycles. The number of aryl methyl sites for hydroxylation is 1. The molecule has 0 aromatic heterocycles. The molecule has 1 aliphatic rings. The van der Waals surface area contributed by atoms with E-state index in [1.54, 1.807) is 0 Å². The van der Waals surface area contributed by atoms with Gasteiger partial charge in [-0.2, -0.15) is 0 Å². The fourth-order valence-corrected chi connectivity index (χ4v) is 2.57. The third-order valence-electron chi connectivity index (χ3n) is 3.58. The van der Waals surface area contributed by atoms with Crippen LogP contribution in [0.3, 0.4) is 0 Å². The maximum atomic E-state index is 6.09. The first kappa shape index (κ1) is 12.4. The van der Waals surface area contributed by atoms with E-state index in [0.29, 0.717) is 6.61 Å². The molecule has 0 bridgehead atoms. The Labute approximate surface area is 104 Å². The summed E-state index contributed by atoms with van der Waals surface area (Å²) in [6.07, 6.45) is 2.55. The van der Waals surface area contributed by atoms with E-state index in [1.165, 1.54) is 17.5 Å². The summed E-state index contributed by atoms with van der Waals surface area (Å²) in [7, 11) is 0. The molecule has 0 amide bonds. The molecule has 1 nitrogen and oxygen atoms in total. The minimum absolute atomic E-state index is 0.198. The van der Waals surface area contributed by atoms with Crippen LogP contribution in [-0.2, 0) is 11.2 Å². The molecule has 0 saturated heterocycles. The van der Waals surface area contributed by atoms with Crippen molar-refractivity contribution in [1.82, 2.24) is 0 Å². The maximum absolute atomic E-state index is 6.09. The summed E-state index contributed by atoms with van der Waals surface area (Å²) in [5, 5.41) is 0. The minimum Gasteiger partial charge on any atom is -0.369 e. The molecular weight excluding hydrogens is 208 g/mol. The first-order valence-corrected chi connectivity index (χ1v) is 6.34. The van der Waals surface area contributed by atoms with Gasteiger partial charge in [0.2, 0.25) is 0 Å². The second-order valence-corrected chi connectivity index (χ2v) is 5.84. The lowest BCUT2D eigenvalue weighted by molar-refractivity contribution is -0.0277.